The summed E-state index contributed by atoms with van der Waals surface area (Å²) in [5.41, 5.74) is 6.20. The lowest BCUT2D eigenvalue weighted by Gasteiger charge is -2.14. The topological polar surface area (TPSA) is 48.2 Å². The van der Waals surface area contributed by atoms with E-state index in [2.05, 4.69) is 23.8 Å². The van der Waals surface area contributed by atoms with Crippen LogP contribution in [0.3, 0.4) is 0 Å². The van der Waals surface area contributed by atoms with Crippen molar-refractivity contribution in [2.24, 2.45) is 0 Å². The smallest absolute Gasteiger partial charge is 0.247 e. The Labute approximate surface area is 78.2 Å². The van der Waals surface area contributed by atoms with E-state index >= 15 is 0 Å². The fourth-order valence-electron chi connectivity index (χ4n) is 1.37. The molecule has 0 spiro atoms. The Balaban J connectivity index is 3.02. The quantitative estimate of drug-likeness (QED) is 0.722. The molecule has 0 amide bonds. The Hall–Kier alpha value is -1.50. The number of rotatable bonds is 3. The lowest BCUT2D eigenvalue weighted by Crippen LogP contribution is -2.11. The van der Waals surface area contributed by atoms with E-state index < -0.39 is 0 Å². The van der Waals surface area contributed by atoms with Crippen LogP contribution in [-0.4, -0.2) is 9.78 Å². The fourth-order valence-corrected chi connectivity index (χ4v) is 1.37. The minimum Gasteiger partial charge on any atom is -0.393 e. The Morgan fingerprint density at radius 2 is 2.23 bits per heavy atom. The molecule has 0 unspecified atom stereocenters. The normalized spacial score (nSPS) is 10.3. The third kappa shape index (κ3) is 1.64. The zero-order chi connectivity index (χ0) is 9.84. The summed E-state index contributed by atoms with van der Waals surface area (Å²) in [6.45, 7) is 11.0. The van der Waals surface area contributed by atoms with Gasteiger partial charge in [-0.25, -0.2) is 4.85 Å². The number of hydrogen-bond acceptors (Lipinski definition) is 2. The second-order valence-electron chi connectivity index (χ2n) is 2.94. The molecule has 1 aromatic heterocycles. The molecule has 0 bridgehead atoms. The number of nitrogens with zero attached hydrogens (tertiary/aromatic N) is 3. The van der Waals surface area contributed by atoms with Crippen molar-refractivity contribution in [3.63, 3.8) is 0 Å². The van der Waals surface area contributed by atoms with Gasteiger partial charge < -0.3 is 5.73 Å². The molecule has 0 atom stereocenters. The van der Waals surface area contributed by atoms with E-state index in [0.717, 1.165) is 12.8 Å². The van der Waals surface area contributed by atoms with E-state index in [4.69, 9.17) is 12.3 Å². The average Bonchev–Trinajstić information content (AvgIpc) is 2.50. The van der Waals surface area contributed by atoms with Crippen molar-refractivity contribution >= 4 is 11.5 Å². The molecule has 0 radical (unpaired) electrons. The molecule has 0 aliphatic carbocycles. The first-order valence-electron chi connectivity index (χ1n) is 4.45. The molecule has 4 heteroatoms. The first kappa shape index (κ1) is 9.59. The first-order valence-corrected chi connectivity index (χ1v) is 4.45. The van der Waals surface area contributed by atoms with Crippen LogP contribution < -0.4 is 5.73 Å². The number of nitrogen functional groups attached to an aromatic ring is 1. The van der Waals surface area contributed by atoms with Crippen molar-refractivity contribution in [2.75, 3.05) is 5.73 Å². The van der Waals surface area contributed by atoms with Crippen molar-refractivity contribution in [1.29, 1.82) is 0 Å². The highest BCUT2D eigenvalue weighted by Crippen LogP contribution is 2.26. The number of anilines is 1. The standard InChI is InChI=1S/C9H14N4/c1-4-7(5-2)13-9(10)8(11-3)6-12-13/h6-7H,4-5,10H2,1-2H3. The molecule has 2 N–H and O–H groups in total. The van der Waals surface area contributed by atoms with E-state index in [1.165, 1.54) is 6.20 Å². The van der Waals surface area contributed by atoms with Gasteiger partial charge in [0.2, 0.25) is 5.69 Å². The first-order chi connectivity index (χ1) is 6.24. The van der Waals surface area contributed by atoms with Crippen molar-refractivity contribution in [1.82, 2.24) is 9.78 Å². The maximum Gasteiger partial charge on any atom is 0.247 e. The van der Waals surface area contributed by atoms with Crippen LogP contribution in [0.5, 0.6) is 0 Å². The van der Waals surface area contributed by atoms with E-state index in [0.29, 0.717) is 17.5 Å². The molecule has 1 rings (SSSR count). The van der Waals surface area contributed by atoms with Gasteiger partial charge in [0.05, 0.1) is 18.8 Å². The summed E-state index contributed by atoms with van der Waals surface area (Å²) in [5, 5.41) is 4.11. The molecule has 0 aliphatic rings. The van der Waals surface area contributed by atoms with Crippen LogP contribution in [0.25, 0.3) is 4.85 Å². The van der Waals surface area contributed by atoms with Gasteiger partial charge in [-0.15, -0.1) is 0 Å². The summed E-state index contributed by atoms with van der Waals surface area (Å²) in [4.78, 5) is 3.28. The van der Waals surface area contributed by atoms with Gasteiger partial charge >= 0.3 is 0 Å². The minimum absolute atomic E-state index is 0.315. The van der Waals surface area contributed by atoms with E-state index in [1.807, 2.05) is 0 Å². The summed E-state index contributed by atoms with van der Waals surface area (Å²) in [6, 6.07) is 0.315. The average molecular weight is 178 g/mol. The predicted octanol–water partition coefficient (Wildman–Crippen LogP) is 2.38. The Kier molecular flexibility index (Phi) is 2.91. The molecule has 1 aromatic rings. The molecule has 0 aromatic carbocycles. The predicted molar refractivity (Wildman–Crippen MR) is 52.5 cm³/mol. The highest BCUT2D eigenvalue weighted by Gasteiger charge is 2.13. The van der Waals surface area contributed by atoms with E-state index in [9.17, 15) is 0 Å². The maximum absolute atomic E-state index is 6.84. The maximum atomic E-state index is 6.84. The van der Waals surface area contributed by atoms with Crippen molar-refractivity contribution in [3.8, 4) is 0 Å². The van der Waals surface area contributed by atoms with Gasteiger partial charge in [0.25, 0.3) is 0 Å². The summed E-state index contributed by atoms with van der Waals surface area (Å²) < 4.78 is 1.74. The molecular formula is C9H14N4. The van der Waals surface area contributed by atoms with Gasteiger partial charge in [0.15, 0.2) is 0 Å². The second kappa shape index (κ2) is 3.94. The van der Waals surface area contributed by atoms with Gasteiger partial charge in [0.1, 0.15) is 5.82 Å². The van der Waals surface area contributed by atoms with E-state index in [1.54, 1.807) is 4.68 Å². The minimum atomic E-state index is 0.315. The number of aromatic nitrogens is 2. The second-order valence-corrected chi connectivity index (χ2v) is 2.94. The highest BCUT2D eigenvalue weighted by molar-refractivity contribution is 5.61. The fraction of sp³-hybridized carbons (Fsp3) is 0.556. The zero-order valence-corrected chi connectivity index (χ0v) is 7.99. The van der Waals surface area contributed by atoms with Crippen LogP contribution in [0.15, 0.2) is 6.20 Å². The van der Waals surface area contributed by atoms with Crippen molar-refractivity contribution in [2.45, 2.75) is 32.7 Å². The van der Waals surface area contributed by atoms with Crippen molar-refractivity contribution < 1.29 is 0 Å². The molecule has 70 valence electrons. The van der Waals surface area contributed by atoms with Gasteiger partial charge in [-0.1, -0.05) is 13.8 Å². The summed E-state index contributed by atoms with van der Waals surface area (Å²) in [7, 11) is 0. The van der Waals surface area contributed by atoms with Crippen LogP contribution >= 0.6 is 0 Å². The molecule has 0 fully saturated rings. The third-order valence-corrected chi connectivity index (χ3v) is 2.22. The Morgan fingerprint density at radius 1 is 1.62 bits per heavy atom. The Morgan fingerprint density at radius 3 is 2.62 bits per heavy atom. The largest absolute Gasteiger partial charge is 0.393 e. The van der Waals surface area contributed by atoms with Crippen LogP contribution in [0.2, 0.25) is 0 Å². The summed E-state index contributed by atoms with van der Waals surface area (Å²) in [5.74, 6) is 0.490. The van der Waals surface area contributed by atoms with Gasteiger partial charge in [-0.05, 0) is 12.8 Å². The third-order valence-electron chi connectivity index (χ3n) is 2.22. The molecular weight excluding hydrogens is 164 g/mol. The molecule has 0 saturated heterocycles. The molecule has 0 aliphatic heterocycles. The Bertz CT molecular complexity index is 317. The number of nitrogens with two attached hydrogens (primary N) is 1. The molecule has 0 saturated carbocycles. The van der Waals surface area contributed by atoms with Crippen LogP contribution in [0.1, 0.15) is 32.7 Å². The van der Waals surface area contributed by atoms with Gasteiger partial charge in [-0.2, -0.15) is 5.10 Å². The van der Waals surface area contributed by atoms with Crippen LogP contribution in [0.4, 0.5) is 11.5 Å². The molecule has 1 heterocycles. The lowest BCUT2D eigenvalue weighted by molar-refractivity contribution is 0.434. The van der Waals surface area contributed by atoms with Gasteiger partial charge in [0, 0.05) is 0 Å². The number of hydrogen-bond donors (Lipinski definition) is 1. The van der Waals surface area contributed by atoms with E-state index in [-0.39, 0.29) is 0 Å². The van der Waals surface area contributed by atoms with Crippen LogP contribution in [0, 0.1) is 6.57 Å². The molecule has 13 heavy (non-hydrogen) atoms. The summed E-state index contributed by atoms with van der Waals surface area (Å²) in [6.07, 6.45) is 3.50. The SMILES string of the molecule is [C-]#[N+]c1cnn(C(CC)CC)c1N. The highest BCUT2D eigenvalue weighted by atomic mass is 15.3. The molecule has 4 nitrogen and oxygen atoms in total. The lowest BCUT2D eigenvalue weighted by atomic mass is 10.2. The van der Waals surface area contributed by atoms with Crippen molar-refractivity contribution in [3.05, 3.63) is 17.6 Å². The van der Waals surface area contributed by atoms with Gasteiger partial charge in [-0.3, -0.25) is 4.68 Å². The van der Waals surface area contributed by atoms with Crippen LogP contribution in [-0.2, 0) is 0 Å². The monoisotopic (exact) mass is 178 g/mol. The summed E-state index contributed by atoms with van der Waals surface area (Å²) >= 11 is 0. The zero-order valence-electron chi connectivity index (χ0n) is 7.99.